The molecule has 0 atom stereocenters. The number of aromatic nitrogens is 1. The summed E-state index contributed by atoms with van der Waals surface area (Å²) < 4.78 is 5.87. The normalized spacial score (nSPS) is 15.3. The van der Waals surface area contributed by atoms with E-state index < -0.39 is 0 Å². The third kappa shape index (κ3) is 2.82. The van der Waals surface area contributed by atoms with Crippen molar-refractivity contribution in [3.63, 3.8) is 0 Å². The predicted molar refractivity (Wildman–Crippen MR) is 81.7 cm³/mol. The number of rotatable bonds is 3. The first-order valence-electron chi connectivity index (χ1n) is 6.79. The highest BCUT2D eigenvalue weighted by Gasteiger charge is 2.22. The SMILES string of the molecule is CC1(C)C=Cc2nc(CNc3ccccc3)ccc2O1. The lowest BCUT2D eigenvalue weighted by Gasteiger charge is -2.27. The van der Waals surface area contributed by atoms with Crippen LogP contribution in [0.1, 0.15) is 25.2 Å². The van der Waals surface area contributed by atoms with Gasteiger partial charge >= 0.3 is 0 Å². The topological polar surface area (TPSA) is 34.2 Å². The Kier molecular flexibility index (Phi) is 3.18. The van der Waals surface area contributed by atoms with Gasteiger partial charge in [-0.1, -0.05) is 18.2 Å². The second-order valence-electron chi connectivity index (χ2n) is 5.44. The smallest absolute Gasteiger partial charge is 0.146 e. The van der Waals surface area contributed by atoms with Crippen LogP contribution < -0.4 is 10.1 Å². The highest BCUT2D eigenvalue weighted by molar-refractivity contribution is 5.57. The van der Waals surface area contributed by atoms with E-state index in [9.17, 15) is 0 Å². The van der Waals surface area contributed by atoms with Crippen LogP contribution in [-0.2, 0) is 6.54 Å². The Morgan fingerprint density at radius 1 is 1.10 bits per heavy atom. The molecule has 1 aromatic heterocycles. The van der Waals surface area contributed by atoms with Crippen molar-refractivity contribution in [2.75, 3.05) is 5.32 Å². The average molecular weight is 266 g/mol. The third-order valence-corrected chi connectivity index (χ3v) is 3.21. The quantitative estimate of drug-likeness (QED) is 0.915. The van der Waals surface area contributed by atoms with Crippen molar-refractivity contribution in [2.45, 2.75) is 26.0 Å². The molecule has 2 aromatic rings. The minimum Gasteiger partial charge on any atom is -0.482 e. The molecule has 0 amide bonds. The van der Waals surface area contributed by atoms with E-state index in [-0.39, 0.29) is 5.60 Å². The predicted octanol–water partition coefficient (Wildman–Crippen LogP) is 3.88. The van der Waals surface area contributed by atoms with Crippen LogP contribution in [0.25, 0.3) is 6.08 Å². The molecule has 0 radical (unpaired) electrons. The van der Waals surface area contributed by atoms with E-state index >= 15 is 0 Å². The minimum absolute atomic E-state index is 0.252. The Bertz CT molecular complexity index is 633. The van der Waals surface area contributed by atoms with Crippen LogP contribution in [0.5, 0.6) is 5.75 Å². The number of anilines is 1. The van der Waals surface area contributed by atoms with Crippen LogP contribution in [0.15, 0.2) is 48.5 Å². The number of hydrogen-bond acceptors (Lipinski definition) is 3. The summed E-state index contributed by atoms with van der Waals surface area (Å²) in [5.41, 5.74) is 2.75. The molecule has 1 N–H and O–H groups in total. The Labute approximate surface area is 119 Å². The summed E-state index contributed by atoms with van der Waals surface area (Å²) in [6, 6.07) is 14.1. The van der Waals surface area contributed by atoms with Crippen LogP contribution in [0.2, 0.25) is 0 Å². The number of fused-ring (bicyclic) bond motifs is 1. The summed E-state index contributed by atoms with van der Waals surface area (Å²) in [5, 5.41) is 3.36. The summed E-state index contributed by atoms with van der Waals surface area (Å²) in [4.78, 5) is 4.62. The molecule has 0 fully saturated rings. The fraction of sp³-hybridized carbons (Fsp3) is 0.235. The number of ether oxygens (including phenoxy) is 1. The van der Waals surface area contributed by atoms with Crippen LogP contribution in [-0.4, -0.2) is 10.6 Å². The van der Waals surface area contributed by atoms with Crippen LogP contribution in [0, 0.1) is 0 Å². The van der Waals surface area contributed by atoms with Gasteiger partial charge in [-0.3, -0.25) is 0 Å². The van der Waals surface area contributed by atoms with Crippen LogP contribution >= 0.6 is 0 Å². The molecule has 2 heterocycles. The number of nitrogens with one attached hydrogen (secondary N) is 1. The number of hydrogen-bond donors (Lipinski definition) is 1. The first kappa shape index (κ1) is 12.7. The van der Waals surface area contributed by atoms with Crippen LogP contribution in [0.3, 0.4) is 0 Å². The van der Waals surface area contributed by atoms with Crippen molar-refractivity contribution in [1.82, 2.24) is 4.98 Å². The molecule has 102 valence electrons. The fourth-order valence-electron chi connectivity index (χ4n) is 2.15. The highest BCUT2D eigenvalue weighted by atomic mass is 16.5. The van der Waals surface area contributed by atoms with Gasteiger partial charge in [0.1, 0.15) is 17.0 Å². The molecule has 0 unspecified atom stereocenters. The molecule has 0 saturated carbocycles. The zero-order valence-electron chi connectivity index (χ0n) is 11.8. The molecule has 0 spiro atoms. The monoisotopic (exact) mass is 266 g/mol. The molecule has 1 aromatic carbocycles. The zero-order valence-corrected chi connectivity index (χ0v) is 11.8. The Morgan fingerprint density at radius 2 is 1.90 bits per heavy atom. The van der Waals surface area contributed by atoms with Crippen molar-refractivity contribution in [3.05, 3.63) is 59.9 Å². The van der Waals surface area contributed by atoms with Crippen molar-refractivity contribution in [1.29, 1.82) is 0 Å². The van der Waals surface area contributed by atoms with Crippen LogP contribution in [0.4, 0.5) is 5.69 Å². The highest BCUT2D eigenvalue weighted by Crippen LogP contribution is 2.29. The van der Waals surface area contributed by atoms with Gasteiger partial charge in [0.2, 0.25) is 0 Å². The zero-order chi connectivity index (χ0) is 14.0. The second kappa shape index (κ2) is 5.00. The van der Waals surface area contributed by atoms with E-state index in [1.807, 2.05) is 68.5 Å². The molecule has 1 aliphatic rings. The standard InChI is InChI=1S/C17H18N2O/c1-17(2)11-10-15-16(20-17)9-8-14(19-15)12-18-13-6-4-3-5-7-13/h3-11,18H,12H2,1-2H3. The molecule has 20 heavy (non-hydrogen) atoms. The second-order valence-corrected chi connectivity index (χ2v) is 5.44. The lowest BCUT2D eigenvalue weighted by Crippen LogP contribution is -2.27. The van der Waals surface area contributed by atoms with E-state index in [1.54, 1.807) is 0 Å². The van der Waals surface area contributed by atoms with Crippen molar-refractivity contribution >= 4 is 11.8 Å². The maximum Gasteiger partial charge on any atom is 0.146 e. The largest absolute Gasteiger partial charge is 0.482 e. The summed E-state index contributed by atoms with van der Waals surface area (Å²) in [7, 11) is 0. The summed E-state index contributed by atoms with van der Waals surface area (Å²) >= 11 is 0. The molecular formula is C17H18N2O. The molecule has 0 bridgehead atoms. The van der Waals surface area contributed by atoms with Gasteiger partial charge in [0.05, 0.1) is 12.2 Å². The Hall–Kier alpha value is -2.29. The molecule has 1 aliphatic heterocycles. The number of benzene rings is 1. The lowest BCUT2D eigenvalue weighted by molar-refractivity contribution is 0.158. The van der Waals surface area contributed by atoms with Gasteiger partial charge in [-0.05, 0) is 50.3 Å². The minimum atomic E-state index is -0.252. The number of nitrogens with zero attached hydrogens (tertiary/aromatic N) is 1. The van der Waals surface area contributed by atoms with Gasteiger partial charge in [-0.15, -0.1) is 0 Å². The maximum atomic E-state index is 5.87. The molecule has 0 saturated heterocycles. The molecule has 3 heteroatoms. The van der Waals surface area contributed by atoms with Gasteiger partial charge in [0, 0.05) is 5.69 Å². The first-order chi connectivity index (χ1) is 9.62. The number of pyridine rings is 1. The molecule has 0 aliphatic carbocycles. The van der Waals surface area contributed by atoms with Crippen molar-refractivity contribution in [3.8, 4) is 5.75 Å². The van der Waals surface area contributed by atoms with Gasteiger partial charge < -0.3 is 10.1 Å². The summed E-state index contributed by atoms with van der Waals surface area (Å²) in [6.07, 6.45) is 4.07. The third-order valence-electron chi connectivity index (χ3n) is 3.21. The molecule has 3 rings (SSSR count). The van der Waals surface area contributed by atoms with E-state index in [4.69, 9.17) is 4.74 Å². The van der Waals surface area contributed by atoms with E-state index in [2.05, 4.69) is 10.3 Å². The molecule has 3 nitrogen and oxygen atoms in total. The van der Waals surface area contributed by atoms with Crippen molar-refractivity contribution in [2.24, 2.45) is 0 Å². The number of para-hydroxylation sites is 1. The average Bonchev–Trinajstić information content (AvgIpc) is 2.45. The van der Waals surface area contributed by atoms with E-state index in [1.165, 1.54) is 0 Å². The van der Waals surface area contributed by atoms with E-state index in [0.717, 1.165) is 22.8 Å². The fourth-order valence-corrected chi connectivity index (χ4v) is 2.15. The van der Waals surface area contributed by atoms with Gasteiger partial charge in [0.25, 0.3) is 0 Å². The van der Waals surface area contributed by atoms with E-state index in [0.29, 0.717) is 6.54 Å². The lowest BCUT2D eigenvalue weighted by atomic mass is 10.1. The Balaban J connectivity index is 1.74. The molecular weight excluding hydrogens is 248 g/mol. The van der Waals surface area contributed by atoms with Gasteiger partial charge in [-0.25, -0.2) is 4.98 Å². The Morgan fingerprint density at radius 3 is 2.70 bits per heavy atom. The summed E-state index contributed by atoms with van der Waals surface area (Å²) in [5.74, 6) is 0.848. The maximum absolute atomic E-state index is 5.87. The van der Waals surface area contributed by atoms with Gasteiger partial charge in [0.15, 0.2) is 0 Å². The van der Waals surface area contributed by atoms with Crippen molar-refractivity contribution < 1.29 is 4.74 Å². The van der Waals surface area contributed by atoms with Gasteiger partial charge in [-0.2, -0.15) is 0 Å². The first-order valence-corrected chi connectivity index (χ1v) is 6.79. The summed E-state index contributed by atoms with van der Waals surface area (Å²) in [6.45, 7) is 4.78.